The fourth-order valence-electron chi connectivity index (χ4n) is 2.34. The second-order valence-electron chi connectivity index (χ2n) is 3.99. The molecule has 2 rings (SSSR count). The van der Waals surface area contributed by atoms with Crippen LogP contribution in [0.25, 0.3) is 0 Å². The molecule has 1 heterocycles. The van der Waals surface area contributed by atoms with E-state index in [0.717, 1.165) is 32.2 Å². The standard InChI is InChI=1S/C9H17N3O2/c10-11-7-2-1-3-8(6-7)12-4-5-14-9(12)13/h7-8,11H,1-6,10H2. The van der Waals surface area contributed by atoms with Crippen LogP contribution < -0.4 is 11.3 Å². The summed E-state index contributed by atoms with van der Waals surface area (Å²) in [6, 6.07) is 0.668. The minimum atomic E-state index is -0.160. The Morgan fingerprint density at radius 2 is 2.36 bits per heavy atom. The Labute approximate surface area is 83.5 Å². The van der Waals surface area contributed by atoms with E-state index in [-0.39, 0.29) is 6.09 Å². The van der Waals surface area contributed by atoms with E-state index in [9.17, 15) is 4.79 Å². The second kappa shape index (κ2) is 4.14. The van der Waals surface area contributed by atoms with Crippen LogP contribution in [0.2, 0.25) is 0 Å². The van der Waals surface area contributed by atoms with E-state index in [4.69, 9.17) is 10.6 Å². The molecule has 1 amide bonds. The molecule has 0 bridgehead atoms. The Morgan fingerprint density at radius 3 is 3.00 bits per heavy atom. The van der Waals surface area contributed by atoms with Crippen LogP contribution in [-0.4, -0.2) is 36.2 Å². The Morgan fingerprint density at radius 1 is 1.50 bits per heavy atom. The number of hydrogen-bond acceptors (Lipinski definition) is 4. The molecule has 5 heteroatoms. The molecule has 2 fully saturated rings. The summed E-state index contributed by atoms with van der Waals surface area (Å²) in [4.78, 5) is 13.2. The summed E-state index contributed by atoms with van der Waals surface area (Å²) in [5, 5.41) is 0. The van der Waals surface area contributed by atoms with E-state index in [1.807, 2.05) is 4.90 Å². The number of carbonyl (C=O) groups excluding carboxylic acids is 1. The molecule has 3 N–H and O–H groups in total. The molecule has 5 nitrogen and oxygen atoms in total. The van der Waals surface area contributed by atoms with Crippen molar-refractivity contribution >= 4 is 6.09 Å². The van der Waals surface area contributed by atoms with Crippen LogP contribution in [0.1, 0.15) is 25.7 Å². The zero-order valence-corrected chi connectivity index (χ0v) is 8.24. The minimum absolute atomic E-state index is 0.160. The topological polar surface area (TPSA) is 67.6 Å². The van der Waals surface area contributed by atoms with Gasteiger partial charge in [-0.3, -0.25) is 11.3 Å². The van der Waals surface area contributed by atoms with Crippen molar-refractivity contribution in [2.45, 2.75) is 37.8 Å². The zero-order chi connectivity index (χ0) is 9.97. The number of rotatable bonds is 2. The third-order valence-corrected chi connectivity index (χ3v) is 3.12. The summed E-state index contributed by atoms with van der Waals surface area (Å²) < 4.78 is 4.92. The number of nitrogens with zero attached hydrogens (tertiary/aromatic N) is 1. The second-order valence-corrected chi connectivity index (χ2v) is 3.99. The van der Waals surface area contributed by atoms with Gasteiger partial charge in [-0.2, -0.15) is 0 Å². The third kappa shape index (κ3) is 1.83. The smallest absolute Gasteiger partial charge is 0.410 e. The van der Waals surface area contributed by atoms with Crippen molar-refractivity contribution < 1.29 is 9.53 Å². The van der Waals surface area contributed by atoms with E-state index < -0.39 is 0 Å². The van der Waals surface area contributed by atoms with Crippen molar-refractivity contribution in [1.29, 1.82) is 0 Å². The van der Waals surface area contributed by atoms with Gasteiger partial charge in [0.1, 0.15) is 6.61 Å². The molecule has 2 aliphatic rings. The molecule has 0 aromatic heterocycles. The van der Waals surface area contributed by atoms with E-state index in [1.54, 1.807) is 0 Å². The number of nitrogens with one attached hydrogen (secondary N) is 1. The molecule has 1 saturated heterocycles. The van der Waals surface area contributed by atoms with Gasteiger partial charge >= 0.3 is 6.09 Å². The average molecular weight is 199 g/mol. The fourth-order valence-corrected chi connectivity index (χ4v) is 2.34. The molecular formula is C9H17N3O2. The Balaban J connectivity index is 1.93. The highest BCUT2D eigenvalue weighted by molar-refractivity contribution is 5.69. The SMILES string of the molecule is NNC1CCCC(N2CCOC2=O)C1. The lowest BCUT2D eigenvalue weighted by molar-refractivity contribution is 0.133. The van der Waals surface area contributed by atoms with Crippen molar-refractivity contribution in [3.63, 3.8) is 0 Å². The van der Waals surface area contributed by atoms with Crippen LogP contribution in [0.15, 0.2) is 0 Å². The molecule has 1 saturated carbocycles. The zero-order valence-electron chi connectivity index (χ0n) is 8.24. The van der Waals surface area contributed by atoms with Crippen LogP contribution in [0.3, 0.4) is 0 Å². The van der Waals surface area contributed by atoms with Gasteiger partial charge in [0.2, 0.25) is 0 Å². The van der Waals surface area contributed by atoms with E-state index in [0.29, 0.717) is 18.7 Å². The summed E-state index contributed by atoms with van der Waals surface area (Å²) in [6.07, 6.45) is 4.10. The maximum absolute atomic E-state index is 11.3. The molecule has 1 aliphatic heterocycles. The van der Waals surface area contributed by atoms with Gasteiger partial charge < -0.3 is 9.64 Å². The van der Waals surface area contributed by atoms with Crippen LogP contribution in [0.5, 0.6) is 0 Å². The summed E-state index contributed by atoms with van der Waals surface area (Å²) in [7, 11) is 0. The Bertz CT molecular complexity index is 222. The predicted octanol–water partition coefficient (Wildman–Crippen LogP) is 0.213. The minimum Gasteiger partial charge on any atom is -0.448 e. The summed E-state index contributed by atoms with van der Waals surface area (Å²) in [6.45, 7) is 1.27. The normalized spacial score (nSPS) is 33.2. The molecule has 0 radical (unpaired) electrons. The van der Waals surface area contributed by atoms with Crippen LogP contribution >= 0.6 is 0 Å². The maximum atomic E-state index is 11.3. The summed E-state index contributed by atoms with van der Waals surface area (Å²) in [5.74, 6) is 5.41. The Kier molecular flexibility index (Phi) is 2.88. The van der Waals surface area contributed by atoms with Gasteiger partial charge in [-0.15, -0.1) is 0 Å². The molecule has 2 unspecified atom stereocenters. The van der Waals surface area contributed by atoms with Gasteiger partial charge in [0.25, 0.3) is 0 Å². The third-order valence-electron chi connectivity index (χ3n) is 3.12. The van der Waals surface area contributed by atoms with Gasteiger partial charge in [-0.05, 0) is 25.7 Å². The number of nitrogens with two attached hydrogens (primary N) is 1. The molecule has 14 heavy (non-hydrogen) atoms. The number of amides is 1. The highest BCUT2D eigenvalue weighted by Gasteiger charge is 2.32. The molecule has 0 aromatic rings. The van der Waals surface area contributed by atoms with Crippen molar-refractivity contribution in [2.24, 2.45) is 5.84 Å². The number of ether oxygens (including phenoxy) is 1. The van der Waals surface area contributed by atoms with E-state index in [1.165, 1.54) is 0 Å². The van der Waals surface area contributed by atoms with Crippen molar-refractivity contribution in [1.82, 2.24) is 10.3 Å². The molecule has 0 aromatic carbocycles. The van der Waals surface area contributed by atoms with E-state index >= 15 is 0 Å². The summed E-state index contributed by atoms with van der Waals surface area (Å²) in [5.41, 5.74) is 2.79. The first-order valence-electron chi connectivity index (χ1n) is 5.21. The largest absolute Gasteiger partial charge is 0.448 e. The average Bonchev–Trinajstić information content (AvgIpc) is 2.65. The first kappa shape index (κ1) is 9.73. The maximum Gasteiger partial charge on any atom is 0.410 e. The highest BCUT2D eigenvalue weighted by atomic mass is 16.6. The highest BCUT2D eigenvalue weighted by Crippen LogP contribution is 2.24. The molecule has 2 atom stereocenters. The van der Waals surface area contributed by atoms with E-state index in [2.05, 4.69) is 5.43 Å². The summed E-state index contributed by atoms with van der Waals surface area (Å²) >= 11 is 0. The lowest BCUT2D eigenvalue weighted by Crippen LogP contribution is -2.46. The molecule has 1 aliphatic carbocycles. The monoisotopic (exact) mass is 199 g/mol. The number of cyclic esters (lactones) is 1. The van der Waals surface area contributed by atoms with Crippen LogP contribution in [-0.2, 0) is 4.74 Å². The Hall–Kier alpha value is -0.810. The lowest BCUT2D eigenvalue weighted by Gasteiger charge is -2.33. The molecule has 80 valence electrons. The quantitative estimate of drug-likeness (QED) is 0.493. The number of hydrogen-bond donors (Lipinski definition) is 2. The van der Waals surface area contributed by atoms with Gasteiger partial charge in [-0.25, -0.2) is 4.79 Å². The predicted molar refractivity (Wildman–Crippen MR) is 51.4 cm³/mol. The van der Waals surface area contributed by atoms with Crippen molar-refractivity contribution in [2.75, 3.05) is 13.2 Å². The number of hydrazine groups is 1. The first-order valence-corrected chi connectivity index (χ1v) is 5.21. The number of carbonyl (C=O) groups is 1. The van der Waals surface area contributed by atoms with Crippen molar-refractivity contribution in [3.05, 3.63) is 0 Å². The van der Waals surface area contributed by atoms with Crippen molar-refractivity contribution in [3.8, 4) is 0 Å². The first-order chi connectivity index (χ1) is 6.81. The van der Waals surface area contributed by atoms with Crippen LogP contribution in [0.4, 0.5) is 4.79 Å². The molecular weight excluding hydrogens is 182 g/mol. The van der Waals surface area contributed by atoms with Gasteiger partial charge in [0, 0.05) is 12.1 Å². The molecule has 0 spiro atoms. The van der Waals surface area contributed by atoms with Gasteiger partial charge in [0.15, 0.2) is 0 Å². The fraction of sp³-hybridized carbons (Fsp3) is 0.889. The van der Waals surface area contributed by atoms with Gasteiger partial charge in [0.05, 0.1) is 6.54 Å². The van der Waals surface area contributed by atoms with Crippen LogP contribution in [0, 0.1) is 0 Å². The van der Waals surface area contributed by atoms with Gasteiger partial charge in [-0.1, -0.05) is 0 Å². The lowest BCUT2D eigenvalue weighted by atomic mass is 9.90.